The van der Waals surface area contributed by atoms with Crippen molar-refractivity contribution in [2.45, 2.75) is 57.9 Å². The molecule has 6 nitrogen and oxygen atoms in total. The van der Waals surface area contributed by atoms with Crippen LogP contribution in [-0.4, -0.2) is 55.5 Å². The lowest BCUT2D eigenvalue weighted by molar-refractivity contribution is 0.0807. The van der Waals surface area contributed by atoms with E-state index in [2.05, 4.69) is 29.1 Å². The quantitative estimate of drug-likeness (QED) is 0.277. The van der Waals surface area contributed by atoms with Gasteiger partial charge in [0.1, 0.15) is 6.61 Å². The average Bonchev–Trinajstić information content (AvgIpc) is 3.46. The summed E-state index contributed by atoms with van der Waals surface area (Å²) >= 11 is 0. The van der Waals surface area contributed by atoms with Crippen LogP contribution in [0.25, 0.3) is 0 Å². The third kappa shape index (κ3) is 13.5. The Morgan fingerprint density at radius 2 is 0.833 bits per heavy atom. The van der Waals surface area contributed by atoms with Gasteiger partial charge in [-0.15, -0.1) is 0 Å². The number of aromatic nitrogens is 2. The normalized spacial score (nSPS) is 11.2. The van der Waals surface area contributed by atoms with Crippen molar-refractivity contribution in [1.82, 2.24) is 9.30 Å². The molecular formula is C24H40N2O4. The number of hydrogen-bond acceptors (Lipinski definition) is 4. The third-order valence-electron chi connectivity index (χ3n) is 4.78. The highest BCUT2D eigenvalue weighted by molar-refractivity contribution is 4.90. The first-order valence-electron chi connectivity index (χ1n) is 11.6. The van der Waals surface area contributed by atoms with E-state index in [0.29, 0.717) is 0 Å². The molecule has 0 N–H and O–H groups in total. The van der Waals surface area contributed by atoms with Crippen LogP contribution in [-0.2, 0) is 20.8 Å². The summed E-state index contributed by atoms with van der Waals surface area (Å²) in [6, 6.07) is 8.05. The van der Waals surface area contributed by atoms with Crippen LogP contribution in [0.1, 0.15) is 51.4 Å². The van der Waals surface area contributed by atoms with Crippen molar-refractivity contribution < 1.29 is 19.0 Å². The minimum absolute atomic E-state index is 0.727. The molecule has 0 aliphatic rings. The van der Waals surface area contributed by atoms with E-state index in [4.69, 9.17) is 19.0 Å². The molecular weight excluding hydrogens is 380 g/mol. The minimum Gasteiger partial charge on any atom is -0.414 e. The Bertz CT molecular complexity index is 520. The average molecular weight is 421 g/mol. The van der Waals surface area contributed by atoms with Gasteiger partial charge in [0.2, 0.25) is 0 Å². The molecule has 2 aromatic heterocycles. The maximum atomic E-state index is 5.69. The minimum atomic E-state index is 0.727. The second-order valence-electron chi connectivity index (χ2n) is 7.46. The van der Waals surface area contributed by atoms with Crippen molar-refractivity contribution in [2.24, 2.45) is 0 Å². The van der Waals surface area contributed by atoms with Crippen LogP contribution in [0, 0.1) is 0 Å². The summed E-state index contributed by atoms with van der Waals surface area (Å²) in [6.07, 6.45) is 16.6. The lowest BCUT2D eigenvalue weighted by Gasteiger charge is -2.07. The zero-order chi connectivity index (χ0) is 21.0. The summed E-state index contributed by atoms with van der Waals surface area (Å²) in [4.78, 5) is 5.52. The first kappa shape index (κ1) is 24.5. The second-order valence-corrected chi connectivity index (χ2v) is 7.46. The Morgan fingerprint density at radius 3 is 1.33 bits per heavy atom. The highest BCUT2D eigenvalue weighted by atomic mass is 16.7. The molecule has 0 bridgehead atoms. The molecule has 0 unspecified atom stereocenters. The van der Waals surface area contributed by atoms with Crippen LogP contribution in [0.2, 0.25) is 0 Å². The van der Waals surface area contributed by atoms with Gasteiger partial charge in [0.25, 0.3) is 0 Å². The summed E-state index contributed by atoms with van der Waals surface area (Å²) in [5.74, 6) is 0. The topological polar surface area (TPSA) is 46.8 Å². The largest absolute Gasteiger partial charge is 0.414 e. The molecule has 0 aliphatic heterocycles. The number of hydrogen-bond donors (Lipinski definition) is 0. The van der Waals surface area contributed by atoms with Crippen LogP contribution < -0.4 is 4.84 Å². The van der Waals surface area contributed by atoms with Crippen molar-refractivity contribution in [3.8, 4) is 0 Å². The molecule has 2 heterocycles. The number of aryl methyl sites for hydroxylation is 1. The smallest absolute Gasteiger partial charge is 0.115 e. The van der Waals surface area contributed by atoms with Crippen LogP contribution in [0.4, 0.5) is 0 Å². The van der Waals surface area contributed by atoms with Gasteiger partial charge in [-0.05, 0) is 75.6 Å². The zero-order valence-corrected chi connectivity index (χ0v) is 18.5. The van der Waals surface area contributed by atoms with E-state index >= 15 is 0 Å². The maximum absolute atomic E-state index is 5.69. The molecule has 0 saturated carbocycles. The fraction of sp³-hybridized carbons (Fsp3) is 0.667. The Morgan fingerprint density at radius 1 is 0.433 bits per heavy atom. The summed E-state index contributed by atoms with van der Waals surface area (Å²) in [7, 11) is 0. The molecule has 170 valence electrons. The number of nitrogens with zero attached hydrogens (tertiary/aromatic N) is 2. The molecule has 0 radical (unpaired) electrons. The van der Waals surface area contributed by atoms with E-state index in [0.717, 1.165) is 97.7 Å². The van der Waals surface area contributed by atoms with Crippen molar-refractivity contribution in [3.05, 3.63) is 49.1 Å². The molecule has 0 spiro atoms. The fourth-order valence-electron chi connectivity index (χ4n) is 3.02. The first-order valence-corrected chi connectivity index (χ1v) is 11.6. The Kier molecular flexibility index (Phi) is 14.7. The van der Waals surface area contributed by atoms with Crippen LogP contribution in [0.3, 0.4) is 0 Å². The maximum Gasteiger partial charge on any atom is 0.115 e. The Labute approximate surface area is 182 Å². The van der Waals surface area contributed by atoms with Gasteiger partial charge < -0.3 is 23.6 Å². The summed E-state index contributed by atoms with van der Waals surface area (Å²) in [6.45, 7) is 6.81. The standard InChI is InChI=1S/C24H40N2O4/c1-2-14-25(13-1)15-5-6-18-27-19-7-8-20-28-21-9-10-22-29-23-11-12-24-30-26-16-3-4-17-26/h1-4,13-14,16-17H,5-12,15,18-24H2. The number of rotatable bonds is 21. The van der Waals surface area contributed by atoms with Crippen LogP contribution >= 0.6 is 0 Å². The zero-order valence-electron chi connectivity index (χ0n) is 18.5. The number of ether oxygens (including phenoxy) is 3. The lowest BCUT2D eigenvalue weighted by Crippen LogP contribution is -2.11. The first-order chi connectivity index (χ1) is 14.9. The molecule has 0 atom stereocenters. The van der Waals surface area contributed by atoms with Crippen LogP contribution in [0.5, 0.6) is 0 Å². The molecule has 0 fully saturated rings. The monoisotopic (exact) mass is 420 g/mol. The molecule has 0 aromatic carbocycles. The van der Waals surface area contributed by atoms with Crippen molar-refractivity contribution in [1.29, 1.82) is 0 Å². The van der Waals surface area contributed by atoms with Crippen molar-refractivity contribution in [3.63, 3.8) is 0 Å². The molecule has 0 aliphatic carbocycles. The van der Waals surface area contributed by atoms with Crippen molar-refractivity contribution >= 4 is 0 Å². The van der Waals surface area contributed by atoms with Gasteiger partial charge in [0.05, 0.1) is 0 Å². The lowest BCUT2D eigenvalue weighted by atomic mass is 10.3. The van der Waals surface area contributed by atoms with E-state index in [9.17, 15) is 0 Å². The fourth-order valence-corrected chi connectivity index (χ4v) is 3.02. The van der Waals surface area contributed by atoms with Gasteiger partial charge in [-0.1, -0.05) is 0 Å². The predicted molar refractivity (Wildman–Crippen MR) is 120 cm³/mol. The summed E-state index contributed by atoms with van der Waals surface area (Å²) in [5, 5.41) is 0. The van der Waals surface area contributed by atoms with E-state index in [1.807, 2.05) is 24.5 Å². The van der Waals surface area contributed by atoms with Crippen LogP contribution in [0.15, 0.2) is 49.1 Å². The van der Waals surface area contributed by atoms with E-state index in [1.165, 1.54) is 6.42 Å². The summed E-state index contributed by atoms with van der Waals surface area (Å²) in [5.41, 5.74) is 0. The molecule has 2 aromatic rings. The molecule has 0 saturated heterocycles. The van der Waals surface area contributed by atoms with E-state index in [1.54, 1.807) is 4.73 Å². The SMILES string of the molecule is c1ccn(CCCCOCCCCOCCCCOCCCCOn2cccc2)c1. The third-order valence-corrected chi connectivity index (χ3v) is 4.78. The Balaban J connectivity index is 1.19. The molecule has 30 heavy (non-hydrogen) atoms. The van der Waals surface area contributed by atoms with Gasteiger partial charge >= 0.3 is 0 Å². The van der Waals surface area contributed by atoms with E-state index < -0.39 is 0 Å². The van der Waals surface area contributed by atoms with Gasteiger partial charge in [-0.3, -0.25) is 0 Å². The molecule has 6 heteroatoms. The van der Waals surface area contributed by atoms with E-state index in [-0.39, 0.29) is 0 Å². The highest BCUT2D eigenvalue weighted by Crippen LogP contribution is 2.00. The Hall–Kier alpha value is -1.76. The van der Waals surface area contributed by atoms with Gasteiger partial charge in [0.15, 0.2) is 0 Å². The van der Waals surface area contributed by atoms with Gasteiger partial charge in [0, 0.05) is 71.0 Å². The summed E-state index contributed by atoms with van der Waals surface area (Å²) < 4.78 is 21.0. The molecule has 2 rings (SSSR count). The van der Waals surface area contributed by atoms with Gasteiger partial charge in [-0.2, -0.15) is 4.73 Å². The predicted octanol–water partition coefficient (Wildman–Crippen LogP) is 4.59. The number of unbranched alkanes of at least 4 members (excludes halogenated alkanes) is 4. The van der Waals surface area contributed by atoms with Crippen molar-refractivity contribution in [2.75, 3.05) is 46.2 Å². The van der Waals surface area contributed by atoms with Gasteiger partial charge in [-0.25, -0.2) is 0 Å². The highest BCUT2D eigenvalue weighted by Gasteiger charge is 1.95. The second kappa shape index (κ2) is 18.0. The molecule has 0 amide bonds.